The van der Waals surface area contributed by atoms with Crippen LogP contribution in [0.5, 0.6) is 0 Å². The van der Waals surface area contributed by atoms with Crippen LogP contribution in [0.25, 0.3) is 0 Å². The van der Waals surface area contributed by atoms with Crippen LogP contribution in [0.15, 0.2) is 30.3 Å². The minimum atomic E-state index is 1.31. The van der Waals surface area contributed by atoms with Gasteiger partial charge in [0, 0.05) is 0 Å². The summed E-state index contributed by atoms with van der Waals surface area (Å²) in [4.78, 5) is 9.91. The quantitative estimate of drug-likeness (QED) is 0.436. The third-order valence-electron chi connectivity index (χ3n) is 0.556. The molecule has 0 aliphatic rings. The Bertz CT molecular complexity index is 121. The minimum Gasteiger partial charge on any atom is -0.346 e. The molecule has 10 heavy (non-hydrogen) atoms. The molecule has 0 aliphatic heterocycles. The molecule has 0 saturated heterocycles. The van der Waals surface area contributed by atoms with Gasteiger partial charge in [0.15, 0.2) is 0 Å². The van der Waals surface area contributed by atoms with Gasteiger partial charge < -0.3 is 6.92 Å². The van der Waals surface area contributed by atoms with Crippen molar-refractivity contribution in [2.45, 2.75) is 6.92 Å². The van der Waals surface area contributed by atoms with Gasteiger partial charge in [0.2, 0.25) is 0 Å². The van der Waals surface area contributed by atoms with E-state index in [1.165, 1.54) is 4.79 Å². The summed E-state index contributed by atoms with van der Waals surface area (Å²) in [6, 6.07) is 10.0. The standard InChI is InChI=1S/C5H5.C2H5.CO.Mn/c1-2-4-5-3-1;2*1-2;/h1-5H;1H2,2H3;;/q2*-1;;. The van der Waals surface area contributed by atoms with Crippen LogP contribution in [0.3, 0.4) is 0 Å². The van der Waals surface area contributed by atoms with Gasteiger partial charge in [-0.05, 0) is 0 Å². The fourth-order valence-electron chi connectivity index (χ4n) is 0.321. The van der Waals surface area contributed by atoms with Crippen molar-refractivity contribution in [2.75, 3.05) is 0 Å². The molecule has 1 nitrogen and oxygen atoms in total. The molecule has 0 bridgehead atoms. The van der Waals surface area contributed by atoms with Gasteiger partial charge in [-0.25, -0.2) is 12.1 Å². The van der Waals surface area contributed by atoms with Gasteiger partial charge in [-0.2, -0.15) is 25.1 Å². The van der Waals surface area contributed by atoms with E-state index in [9.17, 15) is 0 Å². The predicted molar refractivity (Wildman–Crippen MR) is 38.8 cm³/mol. The fraction of sp³-hybridized carbons (Fsp3) is 0.125. The maximum atomic E-state index is 8.60. The zero-order valence-electron chi connectivity index (χ0n) is 5.88. The van der Waals surface area contributed by atoms with Crippen molar-refractivity contribution >= 4 is 4.79 Å². The molecule has 0 N–H and O–H groups in total. The second-order valence-electron chi connectivity index (χ2n) is 1.04. The summed E-state index contributed by atoms with van der Waals surface area (Å²) in [5.74, 6) is 0. The van der Waals surface area contributed by atoms with Gasteiger partial charge in [-0.1, -0.05) is 0 Å². The summed E-state index contributed by atoms with van der Waals surface area (Å²) in [5, 5.41) is 0. The molecule has 0 aromatic heterocycles. The average molecular weight is 177 g/mol. The second kappa shape index (κ2) is 15.8. The summed E-state index contributed by atoms with van der Waals surface area (Å²) in [6.07, 6.45) is 0. The SMILES string of the molecule is O=[C]=[Mn].[CH2-]C.c1cc[cH-]c1. The molecule has 1 aromatic rings. The van der Waals surface area contributed by atoms with Crippen molar-refractivity contribution in [1.29, 1.82) is 0 Å². The Morgan fingerprint density at radius 3 is 1.80 bits per heavy atom. The molecule has 2 heteroatoms. The van der Waals surface area contributed by atoms with Crippen molar-refractivity contribution in [1.82, 2.24) is 0 Å². The molecule has 0 saturated carbocycles. The monoisotopic (exact) mass is 177 g/mol. The van der Waals surface area contributed by atoms with Crippen LogP contribution in [-0.2, 0) is 20.4 Å². The molecule has 0 amide bonds. The molecule has 1 aromatic carbocycles. The third kappa shape index (κ3) is 15.7. The van der Waals surface area contributed by atoms with E-state index in [1.807, 2.05) is 30.3 Å². The van der Waals surface area contributed by atoms with Crippen LogP contribution in [0.4, 0.5) is 0 Å². The first-order valence-corrected chi connectivity index (χ1v) is 3.36. The summed E-state index contributed by atoms with van der Waals surface area (Å²) >= 11 is 2.34. The summed E-state index contributed by atoms with van der Waals surface area (Å²) in [7, 11) is 0. The first-order chi connectivity index (χ1) is 4.91. The summed E-state index contributed by atoms with van der Waals surface area (Å²) in [5.41, 5.74) is 0. The fourth-order valence-corrected chi connectivity index (χ4v) is 0.321. The summed E-state index contributed by atoms with van der Waals surface area (Å²) in [6.45, 7) is 5.00. The Hall–Kier alpha value is -0.551. The van der Waals surface area contributed by atoms with E-state index in [-0.39, 0.29) is 0 Å². The van der Waals surface area contributed by atoms with Crippen LogP contribution in [0, 0.1) is 6.92 Å². The Labute approximate surface area is 69.8 Å². The van der Waals surface area contributed by atoms with Gasteiger partial charge in [0.25, 0.3) is 0 Å². The maximum Gasteiger partial charge on any atom is -0.172 e. The number of carbonyl (C=O) groups excluding carboxylic acids is 1. The largest absolute Gasteiger partial charge is 0.346 e. The van der Waals surface area contributed by atoms with Gasteiger partial charge >= 0.3 is 25.2 Å². The van der Waals surface area contributed by atoms with Gasteiger partial charge in [0.05, 0.1) is 0 Å². The molecule has 0 fully saturated rings. The van der Waals surface area contributed by atoms with Crippen LogP contribution >= 0.6 is 0 Å². The van der Waals surface area contributed by atoms with Crippen LogP contribution in [0.1, 0.15) is 6.92 Å². The van der Waals surface area contributed by atoms with E-state index in [0.29, 0.717) is 0 Å². The molecule has 0 heterocycles. The van der Waals surface area contributed by atoms with Gasteiger partial charge in [-0.3, -0.25) is 0 Å². The summed E-state index contributed by atoms with van der Waals surface area (Å²) < 4.78 is 0. The third-order valence-corrected chi connectivity index (χ3v) is 0.556. The van der Waals surface area contributed by atoms with Crippen molar-refractivity contribution < 1.29 is 20.4 Å². The molecule has 0 radical (unpaired) electrons. The first kappa shape index (κ1) is 12.2. The smallest absolute Gasteiger partial charge is 0.172 e. The topological polar surface area (TPSA) is 17.1 Å². The van der Waals surface area contributed by atoms with Crippen molar-refractivity contribution in [3.05, 3.63) is 37.3 Å². The molecular formula is C8H10MnO-2. The Morgan fingerprint density at radius 1 is 1.40 bits per heavy atom. The number of rotatable bonds is 0. The molecule has 1 rings (SSSR count). The van der Waals surface area contributed by atoms with E-state index in [2.05, 4.69) is 22.5 Å². The van der Waals surface area contributed by atoms with Gasteiger partial charge in [-0.15, -0.1) is 0 Å². The van der Waals surface area contributed by atoms with Gasteiger partial charge in [0.1, 0.15) is 0 Å². The van der Waals surface area contributed by atoms with E-state index >= 15 is 0 Å². The van der Waals surface area contributed by atoms with Crippen molar-refractivity contribution in [3.63, 3.8) is 0 Å². The minimum absolute atomic E-state index is 1.31. The van der Waals surface area contributed by atoms with Crippen LogP contribution < -0.4 is 0 Å². The van der Waals surface area contributed by atoms with Crippen molar-refractivity contribution in [2.24, 2.45) is 0 Å². The van der Waals surface area contributed by atoms with E-state index in [1.54, 1.807) is 6.92 Å². The zero-order valence-corrected chi connectivity index (χ0v) is 7.06. The normalized spacial score (nSPS) is 5.40. The molecule has 0 unspecified atom stereocenters. The molecule has 0 spiro atoms. The van der Waals surface area contributed by atoms with E-state index < -0.39 is 0 Å². The maximum absolute atomic E-state index is 8.60. The van der Waals surface area contributed by atoms with E-state index in [0.717, 1.165) is 0 Å². The molecule has 0 aliphatic carbocycles. The predicted octanol–water partition coefficient (Wildman–Crippen LogP) is 1.85. The average Bonchev–Trinajstić information content (AvgIpc) is 2.48. The Morgan fingerprint density at radius 2 is 1.70 bits per heavy atom. The second-order valence-corrected chi connectivity index (χ2v) is 1.28. The number of hydrogen-bond donors (Lipinski definition) is 0. The Balaban J connectivity index is 0. The van der Waals surface area contributed by atoms with Crippen LogP contribution in [-0.4, -0.2) is 4.79 Å². The molecule has 57 valence electrons. The number of hydrogen-bond acceptors (Lipinski definition) is 1. The Kier molecular flexibility index (Phi) is 19.2. The van der Waals surface area contributed by atoms with Crippen LogP contribution in [0.2, 0.25) is 0 Å². The first-order valence-electron chi connectivity index (χ1n) is 2.77. The molecule has 0 atom stereocenters. The molecular weight excluding hydrogens is 167 g/mol. The van der Waals surface area contributed by atoms with E-state index in [4.69, 9.17) is 4.79 Å². The zero-order chi connectivity index (χ0) is 8.24. The van der Waals surface area contributed by atoms with Crippen molar-refractivity contribution in [3.8, 4) is 0 Å².